The summed E-state index contributed by atoms with van der Waals surface area (Å²) in [6, 6.07) is 15.1. The Hall–Kier alpha value is -4.09. The number of hydrogen-bond donors (Lipinski definition) is 1. The highest BCUT2D eigenvalue weighted by atomic mass is 32.2. The highest BCUT2D eigenvalue weighted by Crippen LogP contribution is 2.30. The van der Waals surface area contributed by atoms with E-state index in [1.165, 1.54) is 22.5 Å². The highest BCUT2D eigenvalue weighted by molar-refractivity contribution is 7.89. The van der Waals surface area contributed by atoms with Crippen molar-refractivity contribution in [2.24, 2.45) is 5.92 Å². The Morgan fingerprint density at radius 1 is 1.05 bits per heavy atom. The summed E-state index contributed by atoms with van der Waals surface area (Å²) in [5.41, 5.74) is 1.99. The number of amides is 1. The van der Waals surface area contributed by atoms with E-state index in [4.69, 9.17) is 9.05 Å². The first kappa shape index (κ1) is 25.6. The molecule has 0 aliphatic carbocycles. The quantitative estimate of drug-likeness (QED) is 0.354. The van der Waals surface area contributed by atoms with E-state index in [-0.39, 0.29) is 41.3 Å². The second kappa shape index (κ2) is 10.7. The van der Waals surface area contributed by atoms with Crippen LogP contribution in [0.25, 0.3) is 23.5 Å². The molecular formula is C27H25FN4O5S. The molecule has 5 rings (SSSR count). The molecule has 2 aromatic carbocycles. The summed E-state index contributed by atoms with van der Waals surface area (Å²) in [7, 11) is -3.94. The molecule has 1 saturated heterocycles. The number of carbonyl (C=O) groups excluding carboxylic acids is 1. The molecule has 3 heterocycles. The lowest BCUT2D eigenvalue weighted by atomic mass is 9.97. The molecule has 1 amide bonds. The van der Waals surface area contributed by atoms with Gasteiger partial charge in [-0.25, -0.2) is 12.8 Å². The van der Waals surface area contributed by atoms with E-state index >= 15 is 0 Å². The molecule has 0 radical (unpaired) electrons. The van der Waals surface area contributed by atoms with Gasteiger partial charge in [-0.15, -0.1) is 0 Å². The van der Waals surface area contributed by atoms with Gasteiger partial charge in [0.2, 0.25) is 15.9 Å². The predicted molar refractivity (Wildman–Crippen MR) is 139 cm³/mol. The predicted octanol–water partition coefficient (Wildman–Crippen LogP) is 4.99. The number of sulfonamides is 1. The van der Waals surface area contributed by atoms with Crippen molar-refractivity contribution in [1.82, 2.24) is 14.6 Å². The maximum absolute atomic E-state index is 14.0. The summed E-state index contributed by atoms with van der Waals surface area (Å²) in [5, 5.41) is 10.4. The number of aryl methyl sites for hydroxylation is 1. The summed E-state index contributed by atoms with van der Waals surface area (Å²) >= 11 is 0. The molecule has 4 aromatic rings. The van der Waals surface area contributed by atoms with Crippen molar-refractivity contribution in [3.63, 3.8) is 0 Å². The zero-order valence-corrected chi connectivity index (χ0v) is 21.3. The standard InChI is InChI=1S/C27H25FN4O5S/c1-18-26(25(37-31-18)11-8-19-4-2-3-5-23(19)28)38(34,35)32-16-13-21(14-17-32)27(33)30-22-9-6-20(7-10-22)24-12-15-29-36-24/h2-12,15,21H,13-14,16-17H2,1H3,(H,30,33)/b11-8+. The van der Waals surface area contributed by atoms with Crippen LogP contribution in [0.15, 0.2) is 74.7 Å². The topological polar surface area (TPSA) is 119 Å². The van der Waals surface area contributed by atoms with Crippen molar-refractivity contribution in [2.45, 2.75) is 24.7 Å². The first-order valence-corrected chi connectivity index (χ1v) is 13.5. The molecule has 1 aliphatic heterocycles. The molecule has 9 nitrogen and oxygen atoms in total. The number of anilines is 1. The Labute approximate surface area is 219 Å². The van der Waals surface area contributed by atoms with Gasteiger partial charge in [0, 0.05) is 41.9 Å². The number of nitrogens with one attached hydrogen (secondary N) is 1. The number of carbonyl (C=O) groups is 1. The second-order valence-corrected chi connectivity index (χ2v) is 10.8. The molecule has 0 spiro atoms. The molecule has 0 unspecified atom stereocenters. The normalized spacial score (nSPS) is 15.2. The van der Waals surface area contributed by atoms with Gasteiger partial charge in [-0.05, 0) is 62.2 Å². The summed E-state index contributed by atoms with van der Waals surface area (Å²) in [4.78, 5) is 12.8. The molecule has 38 heavy (non-hydrogen) atoms. The van der Waals surface area contributed by atoms with E-state index in [0.29, 0.717) is 29.9 Å². The van der Waals surface area contributed by atoms with Gasteiger partial charge in [-0.3, -0.25) is 4.79 Å². The zero-order chi connectivity index (χ0) is 26.7. The van der Waals surface area contributed by atoms with E-state index in [2.05, 4.69) is 15.6 Å². The Bertz CT molecular complexity index is 1560. The average Bonchev–Trinajstić information content (AvgIpc) is 3.59. The van der Waals surface area contributed by atoms with Crippen LogP contribution in [0.5, 0.6) is 0 Å². The van der Waals surface area contributed by atoms with Crippen LogP contribution in [0.2, 0.25) is 0 Å². The van der Waals surface area contributed by atoms with Gasteiger partial charge in [0.15, 0.2) is 16.4 Å². The van der Waals surface area contributed by atoms with E-state index < -0.39 is 15.8 Å². The van der Waals surface area contributed by atoms with Crippen LogP contribution in [0, 0.1) is 18.7 Å². The third kappa shape index (κ3) is 5.29. The Balaban J connectivity index is 1.23. The van der Waals surface area contributed by atoms with E-state index in [9.17, 15) is 17.6 Å². The summed E-state index contributed by atoms with van der Waals surface area (Å²) in [5.74, 6) is -0.274. The number of halogens is 1. The van der Waals surface area contributed by atoms with Crippen molar-refractivity contribution < 1.29 is 26.6 Å². The van der Waals surface area contributed by atoms with Crippen molar-refractivity contribution in [2.75, 3.05) is 18.4 Å². The summed E-state index contributed by atoms with van der Waals surface area (Å²) < 4.78 is 52.6. The largest absolute Gasteiger partial charge is 0.356 e. The fourth-order valence-corrected chi connectivity index (χ4v) is 6.11. The maximum Gasteiger partial charge on any atom is 0.248 e. The molecule has 11 heteroatoms. The first-order valence-electron chi connectivity index (χ1n) is 12.0. The van der Waals surface area contributed by atoms with Crippen LogP contribution in [0.4, 0.5) is 10.1 Å². The van der Waals surface area contributed by atoms with Gasteiger partial charge in [0.1, 0.15) is 11.5 Å². The molecule has 1 N–H and O–H groups in total. The molecule has 2 aromatic heterocycles. The van der Waals surface area contributed by atoms with Crippen LogP contribution in [0.3, 0.4) is 0 Å². The fraction of sp³-hybridized carbons (Fsp3) is 0.222. The summed E-state index contributed by atoms with van der Waals surface area (Å²) in [6.07, 6.45) is 5.14. The minimum absolute atomic E-state index is 0.0272. The van der Waals surface area contributed by atoms with Gasteiger partial charge in [0.25, 0.3) is 0 Å². The Kier molecular flexibility index (Phi) is 7.21. The molecule has 1 fully saturated rings. The van der Waals surface area contributed by atoms with Crippen LogP contribution in [-0.4, -0.2) is 42.0 Å². The number of piperidine rings is 1. The molecular weight excluding hydrogens is 511 g/mol. The maximum atomic E-state index is 14.0. The van der Waals surface area contributed by atoms with Crippen LogP contribution >= 0.6 is 0 Å². The third-order valence-electron chi connectivity index (χ3n) is 6.45. The van der Waals surface area contributed by atoms with Gasteiger partial charge in [-0.1, -0.05) is 28.5 Å². The van der Waals surface area contributed by atoms with Crippen molar-refractivity contribution in [3.8, 4) is 11.3 Å². The lowest BCUT2D eigenvalue weighted by Crippen LogP contribution is -2.41. The number of nitrogens with zero attached hydrogens (tertiary/aromatic N) is 3. The second-order valence-electron chi connectivity index (χ2n) is 8.94. The Morgan fingerprint density at radius 3 is 2.47 bits per heavy atom. The van der Waals surface area contributed by atoms with Gasteiger partial charge in [0.05, 0.1) is 6.20 Å². The highest BCUT2D eigenvalue weighted by Gasteiger charge is 2.36. The monoisotopic (exact) mass is 536 g/mol. The number of benzene rings is 2. The molecule has 0 atom stereocenters. The Morgan fingerprint density at radius 2 is 1.79 bits per heavy atom. The van der Waals surface area contributed by atoms with Crippen LogP contribution in [0.1, 0.15) is 29.9 Å². The van der Waals surface area contributed by atoms with Crippen molar-refractivity contribution in [1.29, 1.82) is 0 Å². The summed E-state index contributed by atoms with van der Waals surface area (Å²) in [6.45, 7) is 1.89. The molecule has 0 bridgehead atoms. The van der Waals surface area contributed by atoms with Crippen molar-refractivity contribution >= 4 is 33.8 Å². The zero-order valence-electron chi connectivity index (χ0n) is 20.5. The molecule has 0 saturated carbocycles. The van der Waals surface area contributed by atoms with E-state index in [0.717, 1.165) is 5.56 Å². The lowest BCUT2D eigenvalue weighted by molar-refractivity contribution is -0.120. The minimum atomic E-state index is -3.94. The third-order valence-corrected chi connectivity index (χ3v) is 8.51. The average molecular weight is 537 g/mol. The molecule has 1 aliphatic rings. The lowest BCUT2D eigenvalue weighted by Gasteiger charge is -2.30. The van der Waals surface area contributed by atoms with Crippen LogP contribution < -0.4 is 5.32 Å². The first-order chi connectivity index (χ1) is 18.3. The number of hydrogen-bond acceptors (Lipinski definition) is 7. The van der Waals surface area contributed by atoms with Gasteiger partial charge in [-0.2, -0.15) is 4.31 Å². The minimum Gasteiger partial charge on any atom is -0.356 e. The smallest absolute Gasteiger partial charge is 0.248 e. The molecule has 196 valence electrons. The van der Waals surface area contributed by atoms with Crippen molar-refractivity contribution in [3.05, 3.63) is 83.6 Å². The van der Waals surface area contributed by atoms with Gasteiger partial charge < -0.3 is 14.4 Å². The number of aromatic nitrogens is 2. The van der Waals surface area contributed by atoms with Gasteiger partial charge >= 0.3 is 0 Å². The van der Waals surface area contributed by atoms with E-state index in [1.807, 2.05) is 12.1 Å². The SMILES string of the molecule is Cc1noc(/C=C/c2ccccc2F)c1S(=O)(=O)N1CCC(C(=O)Nc2ccc(-c3ccno3)cc2)CC1. The van der Waals surface area contributed by atoms with Crippen LogP contribution in [-0.2, 0) is 14.8 Å². The number of rotatable bonds is 7. The van der Waals surface area contributed by atoms with E-state index in [1.54, 1.807) is 49.5 Å². The fourth-order valence-electron chi connectivity index (χ4n) is 4.39.